The highest BCUT2D eigenvalue weighted by atomic mass is 79.9. The van der Waals surface area contributed by atoms with Crippen LogP contribution in [0.5, 0.6) is 0 Å². The second-order valence-electron chi connectivity index (χ2n) is 4.23. The summed E-state index contributed by atoms with van der Waals surface area (Å²) in [7, 11) is -3.99. The minimum atomic E-state index is -3.99. The molecule has 1 aliphatic rings. The van der Waals surface area contributed by atoms with Crippen molar-refractivity contribution in [3.63, 3.8) is 0 Å². The van der Waals surface area contributed by atoms with Crippen LogP contribution in [0.15, 0.2) is 21.5 Å². The van der Waals surface area contributed by atoms with E-state index in [0.717, 1.165) is 24.7 Å². The summed E-state index contributed by atoms with van der Waals surface area (Å²) in [5, 5.41) is 0. The summed E-state index contributed by atoms with van der Waals surface area (Å²) in [5.74, 6) is -0.244. The van der Waals surface area contributed by atoms with Gasteiger partial charge in [0.1, 0.15) is 16.5 Å². The Balaban J connectivity index is 2.29. The molecule has 1 aliphatic heterocycles. The van der Waals surface area contributed by atoms with Crippen LogP contribution in [0.2, 0.25) is 0 Å². The Morgan fingerprint density at radius 3 is 2.68 bits per heavy atom. The number of rotatable bonds is 3. The fourth-order valence-corrected chi connectivity index (χ4v) is 5.51. The van der Waals surface area contributed by atoms with Gasteiger partial charge in [-0.2, -0.15) is 11.8 Å². The Morgan fingerprint density at radius 1 is 1.37 bits per heavy atom. The van der Waals surface area contributed by atoms with Crippen molar-refractivity contribution >= 4 is 37.7 Å². The summed E-state index contributed by atoms with van der Waals surface area (Å²) >= 11 is 4.55. The van der Waals surface area contributed by atoms with Crippen LogP contribution in [0.1, 0.15) is 12.8 Å². The molecule has 0 bridgehead atoms. The Labute approximate surface area is 123 Å². The van der Waals surface area contributed by atoms with Gasteiger partial charge in [0.2, 0.25) is 10.0 Å². The van der Waals surface area contributed by atoms with Gasteiger partial charge in [-0.3, -0.25) is 0 Å². The van der Waals surface area contributed by atoms with Gasteiger partial charge in [-0.15, -0.1) is 0 Å². The number of sulfonamides is 1. The van der Waals surface area contributed by atoms with E-state index in [0.29, 0.717) is 11.8 Å². The maximum atomic E-state index is 13.7. The molecule has 19 heavy (non-hydrogen) atoms. The molecule has 2 rings (SSSR count). The average molecular weight is 372 g/mol. The van der Waals surface area contributed by atoms with E-state index in [1.54, 1.807) is 11.8 Å². The quantitative estimate of drug-likeness (QED) is 0.888. The lowest BCUT2D eigenvalue weighted by molar-refractivity contribution is 0.523. The van der Waals surface area contributed by atoms with E-state index in [-0.39, 0.29) is 10.5 Å². The summed E-state index contributed by atoms with van der Waals surface area (Å²) in [4.78, 5) is -0.538. The highest BCUT2D eigenvalue weighted by Gasteiger charge is 2.27. The van der Waals surface area contributed by atoms with Gasteiger partial charge in [0.15, 0.2) is 0 Å². The first kappa shape index (κ1) is 15.2. The average Bonchev–Trinajstić information content (AvgIpc) is 2.27. The molecule has 1 aromatic carbocycles. The molecule has 1 atom stereocenters. The van der Waals surface area contributed by atoms with Crippen LogP contribution in [0.25, 0.3) is 0 Å². The SMILES string of the molecule is O=S(=O)(NC1CCCSC1)c1c(F)cc(F)cc1Br. The van der Waals surface area contributed by atoms with Gasteiger partial charge >= 0.3 is 0 Å². The largest absolute Gasteiger partial charge is 0.244 e. The molecule has 106 valence electrons. The Bertz CT molecular complexity index is 551. The number of nitrogens with one attached hydrogen (secondary N) is 1. The van der Waals surface area contributed by atoms with Crippen molar-refractivity contribution in [3.8, 4) is 0 Å². The lowest BCUT2D eigenvalue weighted by atomic mass is 10.2. The summed E-state index contributed by atoms with van der Waals surface area (Å²) in [5.41, 5.74) is 0. The molecule has 1 N–H and O–H groups in total. The van der Waals surface area contributed by atoms with E-state index in [1.165, 1.54) is 0 Å². The standard InChI is InChI=1S/C11H12BrF2NO2S2/c12-9-4-7(13)5-10(14)11(9)19(16,17)15-8-2-1-3-18-6-8/h4-5,8,15H,1-3,6H2. The van der Waals surface area contributed by atoms with Crippen LogP contribution in [-0.2, 0) is 10.0 Å². The molecule has 0 aliphatic carbocycles. The molecular weight excluding hydrogens is 360 g/mol. The van der Waals surface area contributed by atoms with Gasteiger partial charge in [-0.25, -0.2) is 21.9 Å². The topological polar surface area (TPSA) is 46.2 Å². The van der Waals surface area contributed by atoms with Crippen molar-refractivity contribution in [2.45, 2.75) is 23.8 Å². The van der Waals surface area contributed by atoms with Crippen LogP contribution in [0.3, 0.4) is 0 Å². The van der Waals surface area contributed by atoms with Gasteiger partial charge in [0, 0.05) is 22.3 Å². The Kier molecular flexibility index (Phi) is 4.86. The second kappa shape index (κ2) is 6.07. The van der Waals surface area contributed by atoms with Crippen LogP contribution in [0.4, 0.5) is 8.78 Å². The highest BCUT2D eigenvalue weighted by Crippen LogP contribution is 2.27. The lowest BCUT2D eigenvalue weighted by Crippen LogP contribution is -2.38. The van der Waals surface area contributed by atoms with E-state index in [9.17, 15) is 17.2 Å². The highest BCUT2D eigenvalue weighted by molar-refractivity contribution is 9.10. The molecule has 0 spiro atoms. The first-order valence-corrected chi connectivity index (χ1v) is 9.08. The van der Waals surface area contributed by atoms with Crippen molar-refractivity contribution < 1.29 is 17.2 Å². The van der Waals surface area contributed by atoms with Gasteiger partial charge in [0.05, 0.1) is 0 Å². The van der Waals surface area contributed by atoms with Gasteiger partial charge < -0.3 is 0 Å². The Hall–Kier alpha value is -0.180. The van der Waals surface area contributed by atoms with E-state index in [1.807, 2.05) is 0 Å². The first-order chi connectivity index (χ1) is 8.90. The van der Waals surface area contributed by atoms with Crippen molar-refractivity contribution in [1.82, 2.24) is 4.72 Å². The van der Waals surface area contributed by atoms with Crippen molar-refractivity contribution in [2.75, 3.05) is 11.5 Å². The molecule has 3 nitrogen and oxygen atoms in total. The van der Waals surface area contributed by atoms with Gasteiger partial charge in [0.25, 0.3) is 0 Å². The monoisotopic (exact) mass is 371 g/mol. The van der Waals surface area contributed by atoms with Crippen LogP contribution >= 0.6 is 27.7 Å². The maximum absolute atomic E-state index is 13.7. The number of halogens is 3. The fraction of sp³-hybridized carbons (Fsp3) is 0.455. The summed E-state index contributed by atoms with van der Waals surface area (Å²) in [6.45, 7) is 0. The molecular formula is C11H12BrF2NO2S2. The minimum absolute atomic E-state index is 0.110. The number of benzene rings is 1. The smallest absolute Gasteiger partial charge is 0.207 e. The van der Waals surface area contributed by atoms with E-state index >= 15 is 0 Å². The van der Waals surface area contributed by atoms with E-state index < -0.39 is 26.6 Å². The predicted octanol–water partition coefficient (Wildman–Crippen LogP) is 2.90. The minimum Gasteiger partial charge on any atom is -0.207 e. The zero-order valence-corrected chi connectivity index (χ0v) is 13.0. The molecule has 1 heterocycles. The van der Waals surface area contributed by atoms with Crippen molar-refractivity contribution in [2.24, 2.45) is 0 Å². The first-order valence-electron chi connectivity index (χ1n) is 5.65. The molecule has 1 fully saturated rings. The third kappa shape index (κ3) is 3.68. The van der Waals surface area contributed by atoms with Crippen molar-refractivity contribution in [3.05, 3.63) is 28.2 Å². The molecule has 0 aromatic heterocycles. The van der Waals surface area contributed by atoms with Crippen LogP contribution < -0.4 is 4.72 Å². The summed E-state index contributed by atoms with van der Waals surface area (Å²) in [6, 6.07) is 1.29. The second-order valence-corrected chi connectivity index (χ2v) is 7.89. The number of hydrogen-bond donors (Lipinski definition) is 1. The zero-order valence-electron chi connectivity index (χ0n) is 9.83. The molecule has 0 saturated carbocycles. The number of thioether (sulfide) groups is 1. The number of hydrogen-bond acceptors (Lipinski definition) is 3. The molecule has 1 saturated heterocycles. The molecule has 8 heteroatoms. The molecule has 0 radical (unpaired) electrons. The normalized spacial score (nSPS) is 20.5. The predicted molar refractivity (Wildman–Crippen MR) is 74.7 cm³/mol. The lowest BCUT2D eigenvalue weighted by Gasteiger charge is -2.22. The Morgan fingerprint density at radius 2 is 2.11 bits per heavy atom. The fourth-order valence-electron chi connectivity index (χ4n) is 1.90. The van der Waals surface area contributed by atoms with Crippen molar-refractivity contribution in [1.29, 1.82) is 0 Å². The molecule has 1 aromatic rings. The maximum Gasteiger partial charge on any atom is 0.244 e. The zero-order chi connectivity index (χ0) is 14.0. The van der Waals surface area contributed by atoms with Crippen LogP contribution in [0, 0.1) is 11.6 Å². The molecule has 1 unspecified atom stereocenters. The van der Waals surface area contributed by atoms with E-state index in [4.69, 9.17) is 0 Å². The van der Waals surface area contributed by atoms with Gasteiger partial charge in [-0.1, -0.05) is 0 Å². The third-order valence-electron chi connectivity index (χ3n) is 2.71. The third-order valence-corrected chi connectivity index (χ3v) is 6.41. The summed E-state index contributed by atoms with van der Waals surface area (Å²) in [6.07, 6.45) is 1.65. The van der Waals surface area contributed by atoms with Gasteiger partial charge in [-0.05, 0) is 40.6 Å². The van der Waals surface area contributed by atoms with E-state index in [2.05, 4.69) is 20.7 Å². The van der Waals surface area contributed by atoms with Crippen LogP contribution in [-0.4, -0.2) is 26.0 Å². The summed E-state index contributed by atoms with van der Waals surface area (Å²) < 4.78 is 53.3. The molecule has 0 amide bonds.